The summed E-state index contributed by atoms with van der Waals surface area (Å²) in [4.78, 5) is 80.7. The Balaban J connectivity index is 1.73. The summed E-state index contributed by atoms with van der Waals surface area (Å²) in [7, 11) is 0. The number of nitrogens with zero attached hydrogens (tertiary/aromatic N) is 1. The molecule has 1 saturated carbocycles. The number of hydrogen-bond donors (Lipinski definition) is 4. The number of alkyl carbamates (subject to hydrolysis) is 1. The molecule has 0 aromatic heterocycles. The van der Waals surface area contributed by atoms with Crippen LogP contribution in [0, 0.1) is 22.7 Å². The Hall–Kier alpha value is -4.22. The number of anilines is 1. The van der Waals surface area contributed by atoms with Gasteiger partial charge in [0.15, 0.2) is 0 Å². The quantitative estimate of drug-likeness (QED) is 0.198. The van der Waals surface area contributed by atoms with Gasteiger partial charge < -0.3 is 30.9 Å². The minimum Gasteiger partial charge on any atom is -0.444 e. The molecular weight excluding hydrogens is 602 g/mol. The molecule has 12 heteroatoms. The van der Waals surface area contributed by atoms with Crippen LogP contribution in [0.5, 0.6) is 0 Å². The third kappa shape index (κ3) is 9.65. The number of fused-ring (bicyclic) bond motifs is 1. The molecule has 2 fully saturated rings. The second kappa shape index (κ2) is 14.7. The van der Waals surface area contributed by atoms with Crippen LogP contribution in [-0.2, 0) is 28.7 Å². The number of carbonyl (C=O) groups is 6. The minimum absolute atomic E-state index is 0.0184. The molecule has 0 bridgehead atoms. The maximum atomic E-state index is 14.2. The topological polar surface area (TPSA) is 163 Å². The molecule has 5 atom stereocenters. The summed E-state index contributed by atoms with van der Waals surface area (Å²) in [5.41, 5.74) is -1.14. The number of ketones is 1. The third-order valence-electron chi connectivity index (χ3n) is 8.59. The van der Waals surface area contributed by atoms with Gasteiger partial charge in [-0.05, 0) is 68.4 Å². The maximum absolute atomic E-state index is 14.2. The summed E-state index contributed by atoms with van der Waals surface area (Å²) in [6.07, 6.45) is 1.41. The molecule has 258 valence electrons. The van der Waals surface area contributed by atoms with Crippen molar-refractivity contribution in [1.29, 1.82) is 0 Å². The fraction of sp³-hybridized carbons (Fsp3) is 0.600. The van der Waals surface area contributed by atoms with Gasteiger partial charge in [0.1, 0.15) is 23.7 Å². The van der Waals surface area contributed by atoms with Crippen LogP contribution in [0.25, 0.3) is 0 Å². The lowest BCUT2D eigenvalue weighted by atomic mass is 9.55. The van der Waals surface area contributed by atoms with Crippen molar-refractivity contribution >= 4 is 41.2 Å². The molecule has 0 radical (unpaired) electrons. The number of nitrogens with one attached hydrogen (secondary N) is 4. The molecule has 3 rings (SSSR count). The number of rotatable bonds is 12. The molecule has 1 aromatic rings. The Morgan fingerprint density at radius 1 is 1.02 bits per heavy atom. The fourth-order valence-electron chi connectivity index (χ4n) is 6.55. The average molecular weight is 654 g/mol. The smallest absolute Gasteiger partial charge is 0.408 e. The minimum atomic E-state index is -1.23. The standard InChI is InChI=1S/C35H51N5O7/c1-10-14-23(27(42)30(44)36-18-17-24(41)37-22-15-12-11-13-16-22)38-29(43)26-25-21(19-35(25,8)9)20-40(26)31(45)28(33(2,3)4)39-32(46)47-34(5,6)7/h10-13,15-16,21,23,25-26,28H,1,14,17-20H2,2-9H3,(H,36,44)(H,37,41)(H,38,43)(H,39,46)/t21-,23-,25-,26-,28+/m0/s1. The Kier molecular flexibility index (Phi) is 11.6. The van der Waals surface area contributed by atoms with E-state index in [-0.39, 0.29) is 42.5 Å². The first kappa shape index (κ1) is 37.2. The third-order valence-corrected chi connectivity index (χ3v) is 8.59. The van der Waals surface area contributed by atoms with Gasteiger partial charge in [0.05, 0.1) is 0 Å². The first-order valence-electron chi connectivity index (χ1n) is 16.1. The number of amides is 5. The lowest BCUT2D eigenvalue weighted by Crippen LogP contribution is -2.61. The predicted molar refractivity (Wildman–Crippen MR) is 178 cm³/mol. The Morgan fingerprint density at radius 3 is 2.21 bits per heavy atom. The Morgan fingerprint density at radius 2 is 1.66 bits per heavy atom. The normalized spacial score (nSPS) is 21.2. The van der Waals surface area contributed by atoms with Crippen LogP contribution in [-0.4, -0.2) is 77.2 Å². The summed E-state index contributed by atoms with van der Waals surface area (Å²) >= 11 is 0. The van der Waals surface area contributed by atoms with E-state index in [0.717, 1.165) is 6.42 Å². The van der Waals surface area contributed by atoms with E-state index in [2.05, 4.69) is 27.8 Å². The van der Waals surface area contributed by atoms with E-state index in [9.17, 15) is 28.8 Å². The number of ether oxygens (including phenoxy) is 1. The molecule has 5 amide bonds. The van der Waals surface area contributed by atoms with E-state index in [0.29, 0.717) is 12.2 Å². The first-order valence-corrected chi connectivity index (χ1v) is 16.1. The van der Waals surface area contributed by atoms with Crippen LogP contribution < -0.4 is 21.3 Å². The zero-order valence-electron chi connectivity index (χ0n) is 28.9. The second-order valence-electron chi connectivity index (χ2n) is 15.2. The van der Waals surface area contributed by atoms with Gasteiger partial charge in [0, 0.05) is 25.2 Å². The molecule has 1 aliphatic heterocycles. The highest BCUT2D eigenvalue weighted by Gasteiger charge is 2.61. The highest BCUT2D eigenvalue weighted by molar-refractivity contribution is 6.38. The van der Waals surface area contributed by atoms with Gasteiger partial charge in [-0.25, -0.2) is 4.79 Å². The van der Waals surface area contributed by atoms with E-state index < -0.39 is 58.7 Å². The van der Waals surface area contributed by atoms with Crippen molar-refractivity contribution in [3.63, 3.8) is 0 Å². The van der Waals surface area contributed by atoms with Gasteiger partial charge in [-0.15, -0.1) is 6.58 Å². The van der Waals surface area contributed by atoms with Crippen LogP contribution in [0.2, 0.25) is 0 Å². The van der Waals surface area contributed by atoms with Crippen molar-refractivity contribution in [1.82, 2.24) is 20.9 Å². The monoisotopic (exact) mass is 653 g/mol. The van der Waals surface area contributed by atoms with Crippen LogP contribution in [0.15, 0.2) is 43.0 Å². The number of benzene rings is 1. The fourth-order valence-corrected chi connectivity index (χ4v) is 6.55. The lowest BCUT2D eigenvalue weighted by Gasteiger charge is -2.49. The van der Waals surface area contributed by atoms with Gasteiger partial charge >= 0.3 is 6.09 Å². The van der Waals surface area contributed by atoms with E-state index in [4.69, 9.17) is 4.74 Å². The number of para-hydroxylation sites is 1. The van der Waals surface area contributed by atoms with Crippen molar-refractivity contribution < 1.29 is 33.5 Å². The van der Waals surface area contributed by atoms with Crippen molar-refractivity contribution in [2.75, 3.05) is 18.4 Å². The van der Waals surface area contributed by atoms with E-state index in [1.807, 2.05) is 40.7 Å². The predicted octanol–water partition coefficient (Wildman–Crippen LogP) is 3.57. The van der Waals surface area contributed by atoms with Gasteiger partial charge in [-0.3, -0.25) is 24.0 Å². The Bertz CT molecular complexity index is 1360. The molecule has 1 aromatic carbocycles. The highest BCUT2D eigenvalue weighted by atomic mass is 16.6. The molecule has 12 nitrogen and oxygen atoms in total. The second-order valence-corrected chi connectivity index (χ2v) is 15.2. The highest BCUT2D eigenvalue weighted by Crippen LogP contribution is 2.57. The van der Waals surface area contributed by atoms with Crippen LogP contribution in [0.1, 0.15) is 74.7 Å². The summed E-state index contributed by atoms with van der Waals surface area (Å²) in [6.45, 7) is 18.6. The molecule has 1 saturated heterocycles. The molecule has 1 heterocycles. The summed E-state index contributed by atoms with van der Waals surface area (Å²) in [5.74, 6) is -3.28. The van der Waals surface area contributed by atoms with Crippen LogP contribution in [0.4, 0.5) is 10.5 Å². The number of carbonyl (C=O) groups excluding carboxylic acids is 6. The van der Waals surface area contributed by atoms with E-state index in [1.54, 1.807) is 45.0 Å². The van der Waals surface area contributed by atoms with E-state index in [1.165, 1.54) is 11.0 Å². The first-order chi connectivity index (χ1) is 21.7. The van der Waals surface area contributed by atoms with Crippen molar-refractivity contribution in [2.24, 2.45) is 22.7 Å². The molecular formula is C35H51N5O7. The van der Waals surface area contributed by atoms with Crippen LogP contribution in [0.3, 0.4) is 0 Å². The number of likely N-dealkylation sites (tertiary alicyclic amines) is 1. The largest absolute Gasteiger partial charge is 0.444 e. The Labute approximate surface area is 277 Å². The molecule has 0 unspecified atom stereocenters. The SMILES string of the molecule is C=CC[C@H](NC(=O)[C@@H]1[C@@H]2[C@H](CN1C(=O)[C@@H](NC(=O)OC(C)(C)C)C(C)(C)C)CC2(C)C)C(=O)C(=O)NCCC(=O)Nc1ccccc1. The van der Waals surface area contributed by atoms with Crippen molar-refractivity contribution in [3.8, 4) is 0 Å². The molecule has 47 heavy (non-hydrogen) atoms. The lowest BCUT2D eigenvalue weighted by molar-refractivity contribution is -0.146. The molecule has 0 spiro atoms. The molecule has 1 aliphatic carbocycles. The summed E-state index contributed by atoms with van der Waals surface area (Å²) in [6, 6.07) is 5.69. The number of hydrogen-bond acceptors (Lipinski definition) is 7. The molecule has 2 aliphatic rings. The average Bonchev–Trinajstić information content (AvgIpc) is 3.29. The maximum Gasteiger partial charge on any atom is 0.408 e. The summed E-state index contributed by atoms with van der Waals surface area (Å²) < 4.78 is 5.43. The van der Waals surface area contributed by atoms with Gasteiger partial charge in [0.2, 0.25) is 23.5 Å². The van der Waals surface area contributed by atoms with Gasteiger partial charge in [0.25, 0.3) is 5.91 Å². The van der Waals surface area contributed by atoms with Gasteiger partial charge in [-0.1, -0.05) is 58.9 Å². The summed E-state index contributed by atoms with van der Waals surface area (Å²) in [5, 5.41) is 10.6. The number of Topliss-reactive ketones (excluding diaryl/α,β-unsaturated/α-hetero) is 1. The zero-order valence-corrected chi connectivity index (χ0v) is 28.9. The molecule has 4 N–H and O–H groups in total. The van der Waals surface area contributed by atoms with Crippen molar-refractivity contribution in [2.45, 2.75) is 98.4 Å². The zero-order chi connectivity index (χ0) is 35.3. The van der Waals surface area contributed by atoms with Crippen molar-refractivity contribution in [3.05, 3.63) is 43.0 Å². The van der Waals surface area contributed by atoms with E-state index >= 15 is 0 Å². The van der Waals surface area contributed by atoms with Gasteiger partial charge in [-0.2, -0.15) is 0 Å². The van der Waals surface area contributed by atoms with Crippen LogP contribution >= 0.6 is 0 Å².